The van der Waals surface area contributed by atoms with Crippen LogP contribution >= 0.6 is 0 Å². The molecule has 0 bridgehead atoms. The first kappa shape index (κ1) is 25.5. The molecule has 2 aromatic heterocycles. The summed E-state index contributed by atoms with van der Waals surface area (Å²) in [6.07, 6.45) is 6.37. The van der Waals surface area contributed by atoms with Crippen LogP contribution in [0.2, 0.25) is 0 Å². The number of aryl methyl sites for hydroxylation is 1. The van der Waals surface area contributed by atoms with Gasteiger partial charge in [-0.1, -0.05) is 26.0 Å². The number of nitrogens with zero attached hydrogens (tertiary/aromatic N) is 3. The molecule has 1 saturated heterocycles. The lowest BCUT2D eigenvalue weighted by molar-refractivity contribution is -0.136. The van der Waals surface area contributed by atoms with E-state index in [4.69, 9.17) is 9.47 Å². The molecular formula is C29H35N3O4. The second-order valence-electron chi connectivity index (χ2n) is 10.1. The number of ether oxygens (including phenoxy) is 2. The number of methoxy groups -OCH3 is 1. The van der Waals surface area contributed by atoms with E-state index < -0.39 is 5.97 Å². The second kappa shape index (κ2) is 11.0. The van der Waals surface area contributed by atoms with Crippen molar-refractivity contribution in [3.63, 3.8) is 0 Å². The average molecular weight is 490 g/mol. The van der Waals surface area contributed by atoms with Crippen molar-refractivity contribution in [1.29, 1.82) is 0 Å². The predicted octanol–water partition coefficient (Wildman–Crippen LogP) is 5.34. The standard InChI is InChI=1S/C29H35N3O4/c1-20-24(17-27(33)34)28(32-14-12-29(2,3)13-15-32)25(19-30-20)26-10-9-23(18-31-26)36-16-11-21-5-7-22(35-4)8-6-21/h5-10,18-19H,11-17H2,1-4H3,(H,33,34). The molecule has 190 valence electrons. The van der Waals surface area contributed by atoms with Gasteiger partial charge in [0, 0.05) is 42.5 Å². The van der Waals surface area contributed by atoms with Crippen molar-refractivity contribution >= 4 is 11.7 Å². The summed E-state index contributed by atoms with van der Waals surface area (Å²) in [6, 6.07) is 11.8. The summed E-state index contributed by atoms with van der Waals surface area (Å²) in [4.78, 5) is 23.2. The van der Waals surface area contributed by atoms with Crippen LogP contribution in [0.5, 0.6) is 11.5 Å². The number of piperidine rings is 1. The van der Waals surface area contributed by atoms with Gasteiger partial charge in [-0.3, -0.25) is 14.8 Å². The fourth-order valence-corrected chi connectivity index (χ4v) is 4.59. The number of aliphatic carboxylic acids is 1. The van der Waals surface area contributed by atoms with E-state index in [2.05, 4.69) is 28.7 Å². The molecule has 7 heteroatoms. The van der Waals surface area contributed by atoms with E-state index in [1.807, 2.05) is 49.5 Å². The lowest BCUT2D eigenvalue weighted by Gasteiger charge is -2.40. The normalized spacial score (nSPS) is 14.9. The average Bonchev–Trinajstić information content (AvgIpc) is 2.86. The van der Waals surface area contributed by atoms with Gasteiger partial charge in [-0.2, -0.15) is 0 Å². The number of rotatable bonds is 9. The van der Waals surface area contributed by atoms with Gasteiger partial charge in [0.15, 0.2) is 0 Å². The highest BCUT2D eigenvalue weighted by Crippen LogP contribution is 2.39. The Bertz CT molecular complexity index is 1180. The molecule has 3 heterocycles. The Hall–Kier alpha value is -3.61. The van der Waals surface area contributed by atoms with Crippen LogP contribution in [-0.4, -0.2) is 47.8 Å². The Labute approximate surface area is 213 Å². The largest absolute Gasteiger partial charge is 0.497 e. The van der Waals surface area contributed by atoms with E-state index in [9.17, 15) is 9.90 Å². The first-order valence-electron chi connectivity index (χ1n) is 12.4. The fraction of sp³-hybridized carbons (Fsp3) is 0.414. The summed E-state index contributed by atoms with van der Waals surface area (Å²) in [7, 11) is 1.66. The first-order chi connectivity index (χ1) is 17.3. The lowest BCUT2D eigenvalue weighted by Crippen LogP contribution is -2.38. The number of benzene rings is 1. The maximum atomic E-state index is 11.7. The quantitative estimate of drug-likeness (QED) is 0.434. The highest BCUT2D eigenvalue weighted by atomic mass is 16.5. The molecule has 1 aromatic carbocycles. The second-order valence-corrected chi connectivity index (χ2v) is 10.1. The zero-order valence-electron chi connectivity index (χ0n) is 21.6. The number of aromatic nitrogens is 2. The van der Waals surface area contributed by atoms with Crippen molar-refractivity contribution in [2.45, 2.75) is 46.5 Å². The fourth-order valence-electron chi connectivity index (χ4n) is 4.59. The number of carbonyl (C=O) groups is 1. The molecule has 0 unspecified atom stereocenters. The van der Waals surface area contributed by atoms with E-state index >= 15 is 0 Å². The van der Waals surface area contributed by atoms with E-state index in [0.29, 0.717) is 12.4 Å². The maximum Gasteiger partial charge on any atom is 0.307 e. The Morgan fingerprint density at radius 3 is 2.33 bits per heavy atom. The van der Waals surface area contributed by atoms with Crippen LogP contribution in [0.25, 0.3) is 11.3 Å². The van der Waals surface area contributed by atoms with E-state index in [0.717, 1.165) is 66.3 Å². The summed E-state index contributed by atoms with van der Waals surface area (Å²) in [5, 5.41) is 9.60. The highest BCUT2D eigenvalue weighted by molar-refractivity contribution is 5.83. The summed E-state index contributed by atoms with van der Waals surface area (Å²) in [6.45, 7) is 8.75. The Balaban J connectivity index is 1.53. The van der Waals surface area contributed by atoms with Gasteiger partial charge in [-0.25, -0.2) is 0 Å². The van der Waals surface area contributed by atoms with Crippen LogP contribution in [0, 0.1) is 12.3 Å². The van der Waals surface area contributed by atoms with Crippen LogP contribution in [0.3, 0.4) is 0 Å². The van der Waals surface area contributed by atoms with Gasteiger partial charge in [-0.05, 0) is 55.0 Å². The summed E-state index contributed by atoms with van der Waals surface area (Å²) in [5.74, 6) is 0.674. The molecular weight excluding hydrogens is 454 g/mol. The molecule has 0 saturated carbocycles. The van der Waals surface area contributed by atoms with Gasteiger partial charge in [0.25, 0.3) is 0 Å². The third kappa shape index (κ3) is 6.14. The number of pyridine rings is 2. The van der Waals surface area contributed by atoms with Crippen LogP contribution < -0.4 is 14.4 Å². The highest BCUT2D eigenvalue weighted by Gasteiger charge is 2.29. The van der Waals surface area contributed by atoms with Crippen molar-refractivity contribution in [2.24, 2.45) is 5.41 Å². The number of carboxylic acid groups (broad SMARTS) is 1. The lowest BCUT2D eigenvalue weighted by atomic mass is 9.82. The Morgan fingerprint density at radius 2 is 1.72 bits per heavy atom. The molecule has 36 heavy (non-hydrogen) atoms. The zero-order chi connectivity index (χ0) is 25.7. The summed E-state index contributed by atoms with van der Waals surface area (Å²) < 4.78 is 11.1. The molecule has 4 rings (SSSR count). The molecule has 1 fully saturated rings. The molecule has 7 nitrogen and oxygen atoms in total. The van der Waals surface area contributed by atoms with Gasteiger partial charge >= 0.3 is 5.97 Å². The van der Waals surface area contributed by atoms with E-state index in [-0.39, 0.29) is 11.8 Å². The van der Waals surface area contributed by atoms with Gasteiger partial charge in [0.1, 0.15) is 11.5 Å². The molecule has 0 amide bonds. The molecule has 0 aliphatic carbocycles. The predicted molar refractivity (Wildman–Crippen MR) is 141 cm³/mol. The zero-order valence-corrected chi connectivity index (χ0v) is 21.6. The maximum absolute atomic E-state index is 11.7. The summed E-state index contributed by atoms with van der Waals surface area (Å²) in [5.41, 5.74) is 5.54. The Morgan fingerprint density at radius 1 is 1.03 bits per heavy atom. The van der Waals surface area contributed by atoms with Crippen molar-refractivity contribution in [3.8, 4) is 22.8 Å². The first-order valence-corrected chi connectivity index (χ1v) is 12.4. The van der Waals surface area contributed by atoms with Crippen molar-refractivity contribution in [2.75, 3.05) is 31.7 Å². The third-order valence-corrected chi connectivity index (χ3v) is 6.96. The monoisotopic (exact) mass is 489 g/mol. The van der Waals surface area contributed by atoms with Crippen LogP contribution in [0.4, 0.5) is 5.69 Å². The number of hydrogen-bond donors (Lipinski definition) is 1. The minimum Gasteiger partial charge on any atom is -0.497 e. The SMILES string of the molecule is COc1ccc(CCOc2ccc(-c3cnc(C)c(CC(=O)O)c3N3CCC(C)(C)CC3)nc2)cc1. The van der Waals surface area contributed by atoms with Gasteiger partial charge in [0.2, 0.25) is 0 Å². The molecule has 0 spiro atoms. The van der Waals surface area contributed by atoms with Crippen LogP contribution in [0.15, 0.2) is 48.8 Å². The molecule has 1 aliphatic heterocycles. The number of hydrogen-bond acceptors (Lipinski definition) is 6. The van der Waals surface area contributed by atoms with E-state index in [1.165, 1.54) is 5.56 Å². The molecule has 3 aromatic rings. The molecule has 0 radical (unpaired) electrons. The minimum atomic E-state index is -0.857. The van der Waals surface area contributed by atoms with Crippen molar-refractivity contribution < 1.29 is 19.4 Å². The van der Waals surface area contributed by atoms with Gasteiger partial charge in [0.05, 0.1) is 37.7 Å². The molecule has 0 atom stereocenters. The van der Waals surface area contributed by atoms with Crippen LogP contribution in [-0.2, 0) is 17.6 Å². The van der Waals surface area contributed by atoms with Crippen LogP contribution in [0.1, 0.15) is 43.5 Å². The summed E-state index contributed by atoms with van der Waals surface area (Å²) >= 11 is 0. The topological polar surface area (TPSA) is 84.8 Å². The minimum absolute atomic E-state index is 0.0611. The van der Waals surface area contributed by atoms with Crippen molar-refractivity contribution in [3.05, 3.63) is 65.6 Å². The molecule has 1 aliphatic rings. The molecule has 1 N–H and O–H groups in total. The van der Waals surface area contributed by atoms with E-state index in [1.54, 1.807) is 13.3 Å². The number of carboxylic acids is 1. The van der Waals surface area contributed by atoms with Gasteiger partial charge in [-0.15, -0.1) is 0 Å². The third-order valence-electron chi connectivity index (χ3n) is 6.96. The van der Waals surface area contributed by atoms with Gasteiger partial charge < -0.3 is 19.5 Å². The van der Waals surface area contributed by atoms with Crippen molar-refractivity contribution in [1.82, 2.24) is 9.97 Å². The smallest absolute Gasteiger partial charge is 0.307 e. The number of anilines is 1. The Kier molecular flexibility index (Phi) is 7.77.